The van der Waals surface area contributed by atoms with Crippen molar-refractivity contribution in [1.82, 2.24) is 0 Å². The summed E-state index contributed by atoms with van der Waals surface area (Å²) in [6, 6.07) is 7.62. The molecule has 1 aromatic rings. The summed E-state index contributed by atoms with van der Waals surface area (Å²) >= 11 is 0. The first kappa shape index (κ1) is 15.0. The van der Waals surface area contributed by atoms with Crippen LogP contribution < -0.4 is 0 Å². The number of hydrogen-bond acceptors (Lipinski definition) is 1. The minimum Gasteiger partial charge on any atom is -0.508 e. The first-order valence-corrected chi connectivity index (χ1v) is 6.42. The van der Waals surface area contributed by atoms with Gasteiger partial charge in [-0.2, -0.15) is 0 Å². The molecule has 0 saturated carbocycles. The number of phenolic OH excluding ortho intramolecular Hbond substituents is 1. The van der Waals surface area contributed by atoms with Crippen molar-refractivity contribution in [2.75, 3.05) is 0 Å². The Labute approximate surface area is 101 Å². The van der Waals surface area contributed by atoms with Gasteiger partial charge in [-0.3, -0.25) is 0 Å². The second-order valence-corrected chi connectivity index (χ2v) is 4.33. The fourth-order valence-corrected chi connectivity index (χ4v) is 1.85. The summed E-state index contributed by atoms with van der Waals surface area (Å²) in [6.45, 7) is 10.7. The van der Waals surface area contributed by atoms with Crippen LogP contribution in [0, 0.1) is 5.92 Å². The van der Waals surface area contributed by atoms with Gasteiger partial charge < -0.3 is 5.11 Å². The lowest BCUT2D eigenvalue weighted by Gasteiger charge is -2.17. The molecule has 1 unspecified atom stereocenters. The molecule has 1 heteroatoms. The van der Waals surface area contributed by atoms with Gasteiger partial charge in [0.2, 0.25) is 0 Å². The fourth-order valence-electron chi connectivity index (χ4n) is 1.85. The molecule has 16 heavy (non-hydrogen) atoms. The van der Waals surface area contributed by atoms with Crippen LogP contribution in [0.4, 0.5) is 0 Å². The van der Waals surface area contributed by atoms with Gasteiger partial charge in [-0.1, -0.05) is 46.8 Å². The van der Waals surface area contributed by atoms with Crippen molar-refractivity contribution in [2.45, 2.75) is 53.4 Å². The highest BCUT2D eigenvalue weighted by atomic mass is 16.3. The van der Waals surface area contributed by atoms with Gasteiger partial charge in [-0.05, 0) is 42.4 Å². The van der Waals surface area contributed by atoms with E-state index in [1.165, 1.54) is 18.4 Å². The molecule has 1 N–H and O–H groups in total. The molecule has 0 aliphatic carbocycles. The summed E-state index contributed by atoms with van der Waals surface area (Å²) in [5.41, 5.74) is 1.35. The number of aromatic hydroxyl groups is 1. The van der Waals surface area contributed by atoms with E-state index in [2.05, 4.69) is 20.8 Å². The van der Waals surface area contributed by atoms with Gasteiger partial charge in [-0.15, -0.1) is 0 Å². The number of rotatable bonds is 4. The Morgan fingerprint density at radius 3 is 1.94 bits per heavy atom. The number of hydrogen-bond donors (Lipinski definition) is 1. The van der Waals surface area contributed by atoms with Crippen molar-refractivity contribution in [2.24, 2.45) is 5.92 Å². The van der Waals surface area contributed by atoms with Crippen LogP contribution in [0.2, 0.25) is 0 Å². The Balaban J connectivity index is 0.00000106. The van der Waals surface area contributed by atoms with Gasteiger partial charge in [0.25, 0.3) is 0 Å². The highest BCUT2D eigenvalue weighted by Crippen LogP contribution is 2.27. The van der Waals surface area contributed by atoms with Crippen LogP contribution in [0.5, 0.6) is 5.75 Å². The molecule has 0 saturated heterocycles. The summed E-state index contributed by atoms with van der Waals surface area (Å²) in [5, 5.41) is 9.19. The van der Waals surface area contributed by atoms with E-state index in [1.54, 1.807) is 12.1 Å². The third kappa shape index (κ3) is 5.20. The lowest BCUT2D eigenvalue weighted by atomic mass is 9.88. The largest absolute Gasteiger partial charge is 0.508 e. The normalized spacial score (nSPS) is 11.9. The highest BCUT2D eigenvalue weighted by Gasteiger charge is 2.10. The summed E-state index contributed by atoms with van der Waals surface area (Å²) in [5.74, 6) is 1.72. The molecule has 1 nitrogen and oxygen atoms in total. The second-order valence-electron chi connectivity index (χ2n) is 4.33. The Bertz CT molecular complexity index is 261. The molecule has 1 rings (SSSR count). The average Bonchev–Trinajstić information content (AvgIpc) is 2.29. The Morgan fingerprint density at radius 1 is 1.06 bits per heavy atom. The zero-order valence-corrected chi connectivity index (χ0v) is 11.3. The molecule has 0 heterocycles. The molecule has 0 aliphatic heterocycles. The van der Waals surface area contributed by atoms with E-state index in [4.69, 9.17) is 0 Å². The van der Waals surface area contributed by atoms with Crippen LogP contribution in [0.3, 0.4) is 0 Å². The molecule has 92 valence electrons. The molecule has 0 amide bonds. The molecular weight excluding hydrogens is 196 g/mol. The molecule has 0 aromatic heterocycles. The third-order valence-electron chi connectivity index (χ3n) is 2.61. The van der Waals surface area contributed by atoms with E-state index >= 15 is 0 Å². The standard InChI is InChI=1S/C13H20O.C2H6/c1-4-11(9-10(2)3)12-5-7-13(14)8-6-12;1-2/h5-8,10-11,14H,4,9H2,1-3H3;1-2H3. The Morgan fingerprint density at radius 2 is 1.56 bits per heavy atom. The molecule has 0 spiro atoms. The Kier molecular flexibility index (Phi) is 7.70. The van der Waals surface area contributed by atoms with Crippen LogP contribution in [-0.2, 0) is 0 Å². The molecule has 1 atom stereocenters. The maximum Gasteiger partial charge on any atom is 0.115 e. The molecule has 1 aromatic carbocycles. The van der Waals surface area contributed by atoms with Crippen LogP contribution >= 0.6 is 0 Å². The fraction of sp³-hybridized carbons (Fsp3) is 0.600. The van der Waals surface area contributed by atoms with E-state index in [0.717, 1.165) is 5.92 Å². The zero-order valence-electron chi connectivity index (χ0n) is 11.3. The van der Waals surface area contributed by atoms with Gasteiger partial charge in [0.15, 0.2) is 0 Å². The third-order valence-corrected chi connectivity index (χ3v) is 2.61. The predicted octanol–water partition coefficient (Wildman–Crippen LogP) is 4.96. The summed E-state index contributed by atoms with van der Waals surface area (Å²) < 4.78 is 0. The maximum absolute atomic E-state index is 9.19. The van der Waals surface area contributed by atoms with E-state index in [1.807, 2.05) is 26.0 Å². The Hall–Kier alpha value is -0.980. The van der Waals surface area contributed by atoms with Gasteiger partial charge in [0, 0.05) is 0 Å². The van der Waals surface area contributed by atoms with Crippen molar-refractivity contribution in [1.29, 1.82) is 0 Å². The van der Waals surface area contributed by atoms with E-state index in [9.17, 15) is 5.11 Å². The highest BCUT2D eigenvalue weighted by molar-refractivity contribution is 5.28. The van der Waals surface area contributed by atoms with Gasteiger partial charge in [-0.25, -0.2) is 0 Å². The number of phenols is 1. The van der Waals surface area contributed by atoms with Crippen molar-refractivity contribution in [3.63, 3.8) is 0 Å². The maximum atomic E-state index is 9.19. The van der Waals surface area contributed by atoms with Gasteiger partial charge in [0.05, 0.1) is 0 Å². The van der Waals surface area contributed by atoms with Crippen molar-refractivity contribution < 1.29 is 5.11 Å². The van der Waals surface area contributed by atoms with Gasteiger partial charge in [0.1, 0.15) is 5.75 Å². The molecular formula is C15H26O. The second kappa shape index (κ2) is 8.20. The first-order chi connectivity index (χ1) is 7.63. The lowest BCUT2D eigenvalue weighted by Crippen LogP contribution is -2.01. The van der Waals surface area contributed by atoms with Crippen LogP contribution in [0.1, 0.15) is 58.9 Å². The molecule has 0 fully saturated rings. The number of benzene rings is 1. The van der Waals surface area contributed by atoms with E-state index in [-0.39, 0.29) is 0 Å². The predicted molar refractivity (Wildman–Crippen MR) is 71.9 cm³/mol. The molecule has 0 bridgehead atoms. The lowest BCUT2D eigenvalue weighted by molar-refractivity contribution is 0.471. The SMILES string of the molecule is CC.CCC(CC(C)C)c1ccc(O)cc1. The summed E-state index contributed by atoms with van der Waals surface area (Å²) in [7, 11) is 0. The summed E-state index contributed by atoms with van der Waals surface area (Å²) in [6.07, 6.45) is 2.39. The minimum absolute atomic E-state index is 0.355. The monoisotopic (exact) mass is 222 g/mol. The smallest absolute Gasteiger partial charge is 0.115 e. The van der Waals surface area contributed by atoms with Crippen LogP contribution in [-0.4, -0.2) is 5.11 Å². The minimum atomic E-state index is 0.355. The zero-order chi connectivity index (χ0) is 12.6. The van der Waals surface area contributed by atoms with E-state index < -0.39 is 0 Å². The van der Waals surface area contributed by atoms with E-state index in [0.29, 0.717) is 11.7 Å². The summed E-state index contributed by atoms with van der Waals surface area (Å²) in [4.78, 5) is 0. The van der Waals surface area contributed by atoms with Crippen LogP contribution in [0.25, 0.3) is 0 Å². The van der Waals surface area contributed by atoms with Gasteiger partial charge >= 0.3 is 0 Å². The van der Waals surface area contributed by atoms with Crippen molar-refractivity contribution in [3.8, 4) is 5.75 Å². The van der Waals surface area contributed by atoms with Crippen molar-refractivity contribution in [3.05, 3.63) is 29.8 Å². The molecule has 0 aliphatic rings. The van der Waals surface area contributed by atoms with Crippen molar-refractivity contribution >= 4 is 0 Å². The molecule has 0 radical (unpaired) electrons. The quantitative estimate of drug-likeness (QED) is 0.763. The van der Waals surface area contributed by atoms with Crippen LogP contribution in [0.15, 0.2) is 24.3 Å². The first-order valence-electron chi connectivity index (χ1n) is 6.42. The average molecular weight is 222 g/mol. The topological polar surface area (TPSA) is 20.2 Å².